The van der Waals surface area contributed by atoms with Crippen LogP contribution >= 0.6 is 0 Å². The highest BCUT2D eigenvalue weighted by molar-refractivity contribution is 6.39. The van der Waals surface area contributed by atoms with Gasteiger partial charge in [0.25, 0.3) is 11.8 Å². The first-order chi connectivity index (χ1) is 14.3. The van der Waals surface area contributed by atoms with Crippen LogP contribution in [0.5, 0.6) is 0 Å². The predicted molar refractivity (Wildman–Crippen MR) is 113 cm³/mol. The van der Waals surface area contributed by atoms with Crippen molar-refractivity contribution in [2.45, 2.75) is 13.1 Å². The van der Waals surface area contributed by atoms with Crippen LogP contribution < -0.4 is 5.32 Å². The van der Waals surface area contributed by atoms with Crippen molar-refractivity contribution in [2.24, 2.45) is 0 Å². The zero-order valence-electron chi connectivity index (χ0n) is 15.4. The molecule has 138 valence electrons. The Morgan fingerprint density at radius 1 is 0.655 bits per heavy atom. The number of nitrogens with zero attached hydrogens (tertiary/aromatic N) is 2. The molecule has 2 aliphatic heterocycles. The Balaban J connectivity index is 1.94. The minimum Gasteiger partial charge on any atom is -0.335 e. The van der Waals surface area contributed by atoms with E-state index in [4.69, 9.17) is 0 Å². The van der Waals surface area contributed by atoms with Crippen molar-refractivity contribution >= 4 is 55.4 Å². The molecule has 0 saturated heterocycles. The summed E-state index contributed by atoms with van der Waals surface area (Å²) >= 11 is 0. The summed E-state index contributed by atoms with van der Waals surface area (Å²) in [4.78, 5) is 25.9. The van der Waals surface area contributed by atoms with Crippen molar-refractivity contribution in [1.82, 2.24) is 14.5 Å². The van der Waals surface area contributed by atoms with Gasteiger partial charge >= 0.3 is 0 Å². The van der Waals surface area contributed by atoms with Crippen LogP contribution in [0.1, 0.15) is 20.7 Å². The Hall–Kier alpha value is -3.86. The summed E-state index contributed by atoms with van der Waals surface area (Å²) < 4.78 is 4.54. The fourth-order valence-corrected chi connectivity index (χ4v) is 5.28. The smallest absolute Gasteiger partial charge is 0.259 e. The average Bonchev–Trinajstić information content (AvgIpc) is 3.31. The molecule has 29 heavy (non-hydrogen) atoms. The third-order valence-corrected chi connectivity index (χ3v) is 6.34. The van der Waals surface area contributed by atoms with Gasteiger partial charge < -0.3 is 9.13 Å². The molecule has 0 saturated carbocycles. The van der Waals surface area contributed by atoms with Crippen LogP contribution in [0.15, 0.2) is 60.7 Å². The van der Waals surface area contributed by atoms with Crippen LogP contribution in [-0.4, -0.2) is 20.9 Å². The lowest BCUT2D eigenvalue weighted by Gasteiger charge is -2.13. The van der Waals surface area contributed by atoms with Crippen LogP contribution in [0.25, 0.3) is 43.6 Å². The molecule has 0 bridgehead atoms. The Morgan fingerprint density at radius 2 is 1.10 bits per heavy atom. The number of nitrogens with one attached hydrogen (secondary N) is 1. The summed E-state index contributed by atoms with van der Waals surface area (Å²) in [5.41, 5.74) is 5.25. The highest BCUT2D eigenvalue weighted by atomic mass is 16.2. The number of imide groups is 1. The Kier molecular flexibility index (Phi) is 2.57. The minimum atomic E-state index is -0.302. The van der Waals surface area contributed by atoms with Crippen LogP contribution in [0.4, 0.5) is 0 Å². The molecule has 5 nitrogen and oxygen atoms in total. The molecule has 5 aromatic rings. The standard InChI is InChI=1S/C24H15N3O2/c28-23-19-17-13-7-1-3-9-15(13)26-11-5-6-12-27-16-10-4-2-8-14(16)18(22(27)21(17)26)20(19)24(29)25-23/h1-10H,11-12H2,(H,25,28,29). The van der Waals surface area contributed by atoms with Gasteiger partial charge in [0.15, 0.2) is 0 Å². The SMILES string of the molecule is O=C1NC(=O)c2c1c1c3ccccc3n3c1c1c2c2ccccc2n1CC=CC3. The largest absolute Gasteiger partial charge is 0.335 e. The highest BCUT2D eigenvalue weighted by Crippen LogP contribution is 2.45. The van der Waals surface area contributed by atoms with Gasteiger partial charge in [-0.05, 0) is 12.1 Å². The first-order valence-corrected chi connectivity index (χ1v) is 9.74. The summed E-state index contributed by atoms with van der Waals surface area (Å²) in [5, 5.41) is 6.34. The van der Waals surface area contributed by atoms with E-state index in [1.165, 1.54) is 0 Å². The fraction of sp³-hybridized carbons (Fsp3) is 0.0833. The molecule has 0 unspecified atom stereocenters. The molecule has 5 heteroatoms. The number of benzene rings is 3. The van der Waals surface area contributed by atoms with Crippen molar-refractivity contribution < 1.29 is 9.59 Å². The molecule has 0 radical (unpaired) electrons. The van der Waals surface area contributed by atoms with Crippen molar-refractivity contribution in [3.05, 3.63) is 71.8 Å². The van der Waals surface area contributed by atoms with Crippen molar-refractivity contribution in [3.63, 3.8) is 0 Å². The Bertz CT molecular complexity index is 1490. The molecule has 0 spiro atoms. The lowest BCUT2D eigenvalue weighted by atomic mass is 9.96. The van der Waals surface area contributed by atoms with Gasteiger partial charge in [-0.15, -0.1) is 0 Å². The monoisotopic (exact) mass is 377 g/mol. The Labute approximate surface area is 164 Å². The lowest BCUT2D eigenvalue weighted by Crippen LogP contribution is -2.20. The van der Waals surface area contributed by atoms with E-state index < -0.39 is 0 Å². The number of hydrogen-bond donors (Lipinski definition) is 1. The molecule has 1 N–H and O–H groups in total. The van der Waals surface area contributed by atoms with Crippen LogP contribution in [-0.2, 0) is 13.1 Å². The Morgan fingerprint density at radius 3 is 1.59 bits per heavy atom. The maximum Gasteiger partial charge on any atom is 0.259 e. The van der Waals surface area contributed by atoms with E-state index in [1.54, 1.807) is 0 Å². The van der Waals surface area contributed by atoms with E-state index in [0.29, 0.717) is 11.1 Å². The van der Waals surface area contributed by atoms with Crippen molar-refractivity contribution in [2.75, 3.05) is 0 Å². The quantitative estimate of drug-likeness (QED) is 0.322. The van der Waals surface area contributed by atoms with Gasteiger partial charge in [0.1, 0.15) is 0 Å². The molecule has 2 aliphatic rings. The number of carbonyl (C=O) groups excluding carboxylic acids is 2. The highest BCUT2D eigenvalue weighted by Gasteiger charge is 2.36. The number of hydrogen-bond acceptors (Lipinski definition) is 2. The molecule has 7 rings (SSSR count). The maximum absolute atomic E-state index is 12.9. The second-order valence-electron chi connectivity index (χ2n) is 7.71. The van der Waals surface area contributed by atoms with E-state index in [9.17, 15) is 9.59 Å². The maximum atomic E-state index is 12.9. The van der Waals surface area contributed by atoms with E-state index in [1.807, 2.05) is 36.4 Å². The topological polar surface area (TPSA) is 56.0 Å². The zero-order valence-corrected chi connectivity index (χ0v) is 15.4. The summed E-state index contributed by atoms with van der Waals surface area (Å²) in [6, 6.07) is 16.3. The normalized spacial score (nSPS) is 15.6. The van der Waals surface area contributed by atoms with Gasteiger partial charge in [-0.25, -0.2) is 0 Å². The van der Waals surface area contributed by atoms with Crippen LogP contribution in [0.2, 0.25) is 0 Å². The van der Waals surface area contributed by atoms with Gasteiger partial charge in [-0.3, -0.25) is 14.9 Å². The van der Waals surface area contributed by atoms with Gasteiger partial charge in [0, 0.05) is 45.7 Å². The van der Waals surface area contributed by atoms with Gasteiger partial charge in [0.05, 0.1) is 22.2 Å². The van der Waals surface area contributed by atoms with Crippen LogP contribution in [0, 0.1) is 0 Å². The van der Waals surface area contributed by atoms with Crippen molar-refractivity contribution in [3.8, 4) is 0 Å². The lowest BCUT2D eigenvalue weighted by molar-refractivity contribution is 0.0880. The number of rotatable bonds is 0. The number of para-hydroxylation sites is 2. The van der Waals surface area contributed by atoms with Crippen LogP contribution in [0.3, 0.4) is 0 Å². The minimum absolute atomic E-state index is 0.302. The summed E-state index contributed by atoms with van der Waals surface area (Å²) in [6.07, 6.45) is 4.35. The second-order valence-corrected chi connectivity index (χ2v) is 7.71. The summed E-state index contributed by atoms with van der Waals surface area (Å²) in [6.45, 7) is 1.46. The van der Waals surface area contributed by atoms with Gasteiger partial charge in [0.2, 0.25) is 0 Å². The molecule has 0 aliphatic carbocycles. The second kappa shape index (κ2) is 4.94. The van der Waals surface area contributed by atoms with E-state index in [0.717, 1.165) is 56.7 Å². The number of amides is 2. The molecule has 0 fully saturated rings. The number of carbonyl (C=O) groups is 2. The molecule has 3 aromatic carbocycles. The predicted octanol–water partition coefficient (Wildman–Crippen LogP) is 4.36. The number of allylic oxidation sites excluding steroid dienone is 2. The summed E-state index contributed by atoms with van der Waals surface area (Å²) in [5.74, 6) is -0.603. The molecular weight excluding hydrogens is 362 g/mol. The zero-order chi connectivity index (χ0) is 19.3. The molecule has 2 aromatic heterocycles. The number of fused-ring (bicyclic) bond motifs is 9. The molecule has 2 amide bonds. The first-order valence-electron chi connectivity index (χ1n) is 9.74. The molecule has 0 atom stereocenters. The molecular formula is C24H15N3O2. The fourth-order valence-electron chi connectivity index (χ4n) is 5.28. The number of aromatic nitrogens is 2. The average molecular weight is 377 g/mol. The first kappa shape index (κ1) is 15.1. The van der Waals surface area contributed by atoms with Gasteiger partial charge in [-0.2, -0.15) is 0 Å². The van der Waals surface area contributed by atoms with E-state index in [2.05, 4.69) is 38.7 Å². The third kappa shape index (κ3) is 1.63. The van der Waals surface area contributed by atoms with Gasteiger partial charge in [-0.1, -0.05) is 48.6 Å². The summed E-state index contributed by atoms with van der Waals surface area (Å²) in [7, 11) is 0. The third-order valence-electron chi connectivity index (χ3n) is 6.34. The van der Waals surface area contributed by atoms with Crippen molar-refractivity contribution in [1.29, 1.82) is 0 Å². The van der Waals surface area contributed by atoms with E-state index in [-0.39, 0.29) is 11.8 Å². The van der Waals surface area contributed by atoms with E-state index >= 15 is 0 Å². The molecule has 4 heterocycles.